The molecule has 0 atom stereocenters. The van der Waals surface area contributed by atoms with Gasteiger partial charge in [-0.3, -0.25) is 0 Å². The smallest absolute Gasteiger partial charge is 0.128 e. The van der Waals surface area contributed by atoms with E-state index < -0.39 is 0 Å². The summed E-state index contributed by atoms with van der Waals surface area (Å²) in [4.78, 5) is 0. The van der Waals surface area contributed by atoms with Crippen molar-refractivity contribution in [3.8, 4) is 17.0 Å². The van der Waals surface area contributed by atoms with Gasteiger partial charge in [-0.2, -0.15) is 0 Å². The molecule has 2 heterocycles. The number of aryl methyl sites for hydroxylation is 1. The van der Waals surface area contributed by atoms with Gasteiger partial charge >= 0.3 is 0 Å². The highest BCUT2D eigenvalue weighted by Gasteiger charge is 2.23. The van der Waals surface area contributed by atoms with E-state index in [2.05, 4.69) is 53.1 Å². The number of hydrogen-bond acceptors (Lipinski definition) is 1. The van der Waals surface area contributed by atoms with E-state index in [0.29, 0.717) is 0 Å². The molecule has 124 valence electrons. The average Bonchev–Trinajstić information content (AvgIpc) is 2.80. The molecule has 2 nitrogen and oxygen atoms in total. The van der Waals surface area contributed by atoms with E-state index in [4.69, 9.17) is 16.3 Å². The molecule has 0 saturated carbocycles. The number of halogens is 1. The predicted molar refractivity (Wildman–Crippen MR) is 101 cm³/mol. The molecule has 0 unspecified atom stereocenters. The molecule has 0 amide bonds. The summed E-state index contributed by atoms with van der Waals surface area (Å²) in [5.74, 6) is 1.75. The lowest BCUT2D eigenvalue weighted by Gasteiger charge is -2.13. The fourth-order valence-corrected chi connectivity index (χ4v) is 3.95. The monoisotopic (exact) mass is 339 g/mol. The SMILES string of the molecule is ClCCCCCn1c2c(c3ccccc31)CCOc1ccccc1-2. The summed E-state index contributed by atoms with van der Waals surface area (Å²) in [6.07, 6.45) is 4.37. The Morgan fingerprint density at radius 1 is 0.958 bits per heavy atom. The van der Waals surface area contributed by atoms with Crippen molar-refractivity contribution in [1.29, 1.82) is 0 Å². The van der Waals surface area contributed by atoms with Crippen LogP contribution in [0.5, 0.6) is 5.75 Å². The Kier molecular flexibility index (Phi) is 4.48. The summed E-state index contributed by atoms with van der Waals surface area (Å²) < 4.78 is 8.50. The van der Waals surface area contributed by atoms with Crippen LogP contribution in [0.15, 0.2) is 48.5 Å². The first-order chi connectivity index (χ1) is 11.9. The highest BCUT2D eigenvalue weighted by atomic mass is 35.5. The van der Waals surface area contributed by atoms with Crippen LogP contribution in [0.4, 0.5) is 0 Å². The number of aromatic nitrogens is 1. The van der Waals surface area contributed by atoms with Crippen LogP contribution in [-0.2, 0) is 13.0 Å². The van der Waals surface area contributed by atoms with Crippen LogP contribution in [0.25, 0.3) is 22.2 Å². The Labute approximate surface area is 148 Å². The minimum Gasteiger partial charge on any atom is -0.493 e. The van der Waals surface area contributed by atoms with Gasteiger partial charge < -0.3 is 9.30 Å². The number of alkyl halides is 1. The molecule has 2 aromatic carbocycles. The van der Waals surface area contributed by atoms with Crippen molar-refractivity contribution in [3.63, 3.8) is 0 Å². The lowest BCUT2D eigenvalue weighted by molar-refractivity contribution is 0.327. The van der Waals surface area contributed by atoms with Gasteiger partial charge in [0.2, 0.25) is 0 Å². The molecule has 0 bridgehead atoms. The molecular formula is C21H22ClNO. The number of benzene rings is 2. The second-order valence-corrected chi connectivity index (χ2v) is 6.72. The molecule has 1 aliphatic rings. The van der Waals surface area contributed by atoms with Crippen molar-refractivity contribution in [2.45, 2.75) is 32.2 Å². The Bertz CT molecular complexity index is 852. The normalized spacial score (nSPS) is 13.2. The lowest BCUT2D eigenvalue weighted by Crippen LogP contribution is -2.01. The highest BCUT2D eigenvalue weighted by Crippen LogP contribution is 2.40. The summed E-state index contributed by atoms with van der Waals surface area (Å²) >= 11 is 5.84. The molecule has 0 fully saturated rings. The molecule has 24 heavy (non-hydrogen) atoms. The molecule has 0 N–H and O–H groups in total. The molecule has 3 aromatic rings. The van der Waals surface area contributed by atoms with E-state index in [-0.39, 0.29) is 0 Å². The molecule has 0 spiro atoms. The minimum absolute atomic E-state index is 0.740. The first-order valence-corrected chi connectivity index (χ1v) is 9.32. The van der Waals surface area contributed by atoms with Gasteiger partial charge in [0.25, 0.3) is 0 Å². The quantitative estimate of drug-likeness (QED) is 0.432. The van der Waals surface area contributed by atoms with Gasteiger partial charge in [0, 0.05) is 35.3 Å². The third-order valence-corrected chi connectivity index (χ3v) is 5.11. The summed E-state index contributed by atoms with van der Waals surface area (Å²) in [5.41, 5.74) is 5.33. The number of unbranched alkanes of at least 4 members (excludes halogenated alkanes) is 2. The van der Waals surface area contributed by atoms with Gasteiger partial charge in [0.1, 0.15) is 5.75 Å². The van der Waals surface area contributed by atoms with Gasteiger partial charge in [-0.25, -0.2) is 0 Å². The highest BCUT2D eigenvalue weighted by molar-refractivity contribution is 6.17. The first kappa shape index (κ1) is 15.6. The number of fused-ring (bicyclic) bond motifs is 5. The van der Waals surface area contributed by atoms with Crippen molar-refractivity contribution in [2.24, 2.45) is 0 Å². The Balaban J connectivity index is 1.87. The first-order valence-electron chi connectivity index (χ1n) is 8.78. The average molecular weight is 340 g/mol. The fraction of sp³-hybridized carbons (Fsp3) is 0.333. The third kappa shape index (κ3) is 2.69. The molecule has 0 saturated heterocycles. The molecule has 4 rings (SSSR count). The minimum atomic E-state index is 0.740. The van der Waals surface area contributed by atoms with Crippen LogP contribution in [-0.4, -0.2) is 17.1 Å². The molecule has 1 aromatic heterocycles. The summed E-state index contributed by atoms with van der Waals surface area (Å²) in [6, 6.07) is 17.2. The van der Waals surface area contributed by atoms with Crippen molar-refractivity contribution >= 4 is 22.5 Å². The second kappa shape index (κ2) is 6.90. The van der Waals surface area contributed by atoms with E-state index >= 15 is 0 Å². The van der Waals surface area contributed by atoms with Gasteiger partial charge in [-0.05, 0) is 36.6 Å². The fourth-order valence-electron chi connectivity index (χ4n) is 3.76. The largest absolute Gasteiger partial charge is 0.493 e. The van der Waals surface area contributed by atoms with Gasteiger partial charge in [0.05, 0.1) is 12.3 Å². The molecule has 3 heteroatoms. The van der Waals surface area contributed by atoms with E-state index in [0.717, 1.165) is 44.0 Å². The second-order valence-electron chi connectivity index (χ2n) is 6.34. The maximum Gasteiger partial charge on any atom is 0.128 e. The van der Waals surface area contributed by atoms with E-state index in [1.54, 1.807) is 0 Å². The van der Waals surface area contributed by atoms with Crippen molar-refractivity contribution in [3.05, 3.63) is 54.1 Å². The lowest BCUT2D eigenvalue weighted by atomic mass is 10.0. The Hall–Kier alpha value is -1.93. The topological polar surface area (TPSA) is 14.2 Å². The number of rotatable bonds is 5. The van der Waals surface area contributed by atoms with Crippen LogP contribution >= 0.6 is 11.6 Å². The van der Waals surface area contributed by atoms with Crippen molar-refractivity contribution in [1.82, 2.24) is 4.57 Å². The Morgan fingerprint density at radius 3 is 2.71 bits per heavy atom. The zero-order valence-corrected chi connectivity index (χ0v) is 14.6. The number of nitrogens with zero attached hydrogens (tertiary/aromatic N) is 1. The van der Waals surface area contributed by atoms with Crippen LogP contribution in [0, 0.1) is 0 Å². The van der Waals surface area contributed by atoms with Crippen LogP contribution in [0.2, 0.25) is 0 Å². The Morgan fingerprint density at radius 2 is 1.79 bits per heavy atom. The van der Waals surface area contributed by atoms with E-state index in [1.807, 2.05) is 0 Å². The van der Waals surface area contributed by atoms with Gasteiger partial charge in [-0.1, -0.05) is 36.8 Å². The molecule has 1 aliphatic heterocycles. The number of para-hydroxylation sites is 2. The number of hydrogen-bond donors (Lipinski definition) is 0. The van der Waals surface area contributed by atoms with Gasteiger partial charge in [0.15, 0.2) is 0 Å². The number of ether oxygens (including phenoxy) is 1. The van der Waals surface area contributed by atoms with E-state index in [1.165, 1.54) is 34.1 Å². The maximum absolute atomic E-state index is 6.01. The molecule has 0 aliphatic carbocycles. The van der Waals surface area contributed by atoms with Crippen molar-refractivity contribution in [2.75, 3.05) is 12.5 Å². The summed E-state index contributed by atoms with van der Waals surface area (Å²) in [6.45, 7) is 1.77. The zero-order valence-electron chi connectivity index (χ0n) is 13.8. The molecule has 0 radical (unpaired) electrons. The summed E-state index contributed by atoms with van der Waals surface area (Å²) in [5, 5.41) is 1.37. The standard InChI is InChI=1S/C21H22ClNO/c22-13-6-1-7-14-23-19-10-4-2-8-16(19)17-12-15-24-20-11-5-3-9-18(20)21(17)23/h2-5,8-11H,1,6-7,12-15H2. The van der Waals surface area contributed by atoms with Gasteiger partial charge in [-0.15, -0.1) is 11.6 Å². The zero-order chi connectivity index (χ0) is 16.4. The predicted octanol–water partition coefficient (Wildman–Crippen LogP) is 5.65. The van der Waals surface area contributed by atoms with Crippen LogP contribution in [0.1, 0.15) is 24.8 Å². The van der Waals surface area contributed by atoms with E-state index in [9.17, 15) is 0 Å². The molecular weight excluding hydrogens is 318 g/mol. The van der Waals surface area contributed by atoms with Crippen LogP contribution in [0.3, 0.4) is 0 Å². The maximum atomic E-state index is 6.01. The van der Waals surface area contributed by atoms with Crippen LogP contribution < -0.4 is 4.74 Å². The third-order valence-electron chi connectivity index (χ3n) is 4.84. The van der Waals surface area contributed by atoms with Crippen molar-refractivity contribution < 1.29 is 4.74 Å². The summed E-state index contributed by atoms with van der Waals surface area (Å²) in [7, 11) is 0.